The summed E-state index contributed by atoms with van der Waals surface area (Å²) in [6.45, 7) is 0.175. The Balaban J connectivity index is 0.000000414. The third kappa shape index (κ3) is 6.48. The summed E-state index contributed by atoms with van der Waals surface area (Å²) in [4.78, 5) is 23.1. The third-order valence-corrected chi connectivity index (χ3v) is 6.01. The summed E-state index contributed by atoms with van der Waals surface area (Å²) in [5, 5.41) is 18.5. The maximum atomic E-state index is 15.0. The Hall–Kier alpha value is -3.54. The highest BCUT2D eigenvalue weighted by atomic mass is 35.5. The second-order valence-electron chi connectivity index (χ2n) is 6.31. The first-order chi connectivity index (χ1) is 15.6. The second kappa shape index (κ2) is 11.4. The van der Waals surface area contributed by atoms with Crippen molar-refractivity contribution in [1.29, 1.82) is 0 Å². The van der Waals surface area contributed by atoms with Gasteiger partial charge >= 0.3 is 11.9 Å². The van der Waals surface area contributed by atoms with Gasteiger partial charge in [0.05, 0.1) is 4.90 Å². The molecule has 0 fully saturated rings. The second-order valence-corrected chi connectivity index (χ2v) is 8.49. The largest absolute Gasteiger partial charge is 0.478 e. The van der Waals surface area contributed by atoms with Crippen molar-refractivity contribution in [2.45, 2.75) is 11.4 Å². The molecule has 33 heavy (non-hydrogen) atoms. The molecule has 2 heterocycles. The van der Waals surface area contributed by atoms with E-state index in [0.717, 1.165) is 3.97 Å². The molecule has 1 aromatic carbocycles. The van der Waals surface area contributed by atoms with Crippen molar-refractivity contribution in [1.82, 2.24) is 14.3 Å². The van der Waals surface area contributed by atoms with Gasteiger partial charge in [-0.25, -0.2) is 31.4 Å². The van der Waals surface area contributed by atoms with Crippen molar-refractivity contribution < 1.29 is 32.6 Å². The normalized spacial score (nSPS) is 11.1. The fraction of sp³-hybridized carbons (Fsp3) is 0.0952. The minimum Gasteiger partial charge on any atom is -0.478 e. The smallest absolute Gasteiger partial charge is 0.328 e. The lowest BCUT2D eigenvalue weighted by Crippen LogP contribution is -2.13. The van der Waals surface area contributed by atoms with Gasteiger partial charge in [-0.2, -0.15) is 0 Å². The lowest BCUT2D eigenvalue weighted by molar-refractivity contribution is -0.134. The molecule has 9 nitrogen and oxygen atoms in total. The summed E-state index contributed by atoms with van der Waals surface area (Å²) in [6, 6.07) is 11.0. The molecule has 12 heteroatoms. The molecule has 0 amide bonds. The van der Waals surface area contributed by atoms with Gasteiger partial charge in [-0.3, -0.25) is 0 Å². The van der Waals surface area contributed by atoms with Crippen molar-refractivity contribution in [3.8, 4) is 11.3 Å². The Morgan fingerprint density at radius 3 is 2.24 bits per heavy atom. The van der Waals surface area contributed by atoms with Crippen molar-refractivity contribution in [3.63, 3.8) is 0 Å². The monoisotopic (exact) mass is 495 g/mol. The van der Waals surface area contributed by atoms with Crippen LogP contribution in [0.3, 0.4) is 0 Å². The molecule has 3 N–H and O–H groups in total. The zero-order valence-electron chi connectivity index (χ0n) is 17.1. The molecule has 0 unspecified atom stereocenters. The number of rotatable bonds is 7. The highest BCUT2D eigenvalue weighted by Crippen LogP contribution is 2.33. The highest BCUT2D eigenvalue weighted by molar-refractivity contribution is 7.90. The van der Waals surface area contributed by atoms with Crippen LogP contribution in [0.5, 0.6) is 0 Å². The van der Waals surface area contributed by atoms with Crippen LogP contribution in [-0.2, 0) is 26.2 Å². The first kappa shape index (κ1) is 25.7. The maximum Gasteiger partial charge on any atom is 0.328 e. The van der Waals surface area contributed by atoms with Crippen molar-refractivity contribution in [3.05, 3.63) is 83.5 Å². The molecule has 0 aliphatic rings. The van der Waals surface area contributed by atoms with Crippen LogP contribution in [0.1, 0.15) is 5.56 Å². The number of aromatic nitrogens is 2. The van der Waals surface area contributed by atoms with Crippen LogP contribution in [0.25, 0.3) is 11.3 Å². The van der Waals surface area contributed by atoms with Gasteiger partial charge in [0, 0.05) is 42.2 Å². The van der Waals surface area contributed by atoms with E-state index in [-0.39, 0.29) is 33.4 Å². The van der Waals surface area contributed by atoms with Crippen LogP contribution in [0.15, 0.2) is 71.9 Å². The number of halogens is 2. The van der Waals surface area contributed by atoms with Crippen LogP contribution < -0.4 is 5.32 Å². The number of benzene rings is 1. The predicted octanol–water partition coefficient (Wildman–Crippen LogP) is 3.01. The first-order valence-corrected chi connectivity index (χ1v) is 11.0. The van der Waals surface area contributed by atoms with Gasteiger partial charge in [0.15, 0.2) is 5.82 Å². The number of aliphatic carboxylic acids is 2. The Labute approximate surface area is 193 Å². The van der Waals surface area contributed by atoms with Crippen molar-refractivity contribution in [2.75, 3.05) is 7.05 Å². The van der Waals surface area contributed by atoms with Crippen molar-refractivity contribution in [2.24, 2.45) is 0 Å². The highest BCUT2D eigenvalue weighted by Gasteiger charge is 2.27. The fourth-order valence-electron chi connectivity index (χ4n) is 2.66. The molecule has 0 radical (unpaired) electrons. The minimum atomic E-state index is -3.99. The number of hydrogen-bond acceptors (Lipinski definition) is 6. The number of carboxylic acid groups (broad SMARTS) is 2. The molecule has 2 aromatic heterocycles. The van der Waals surface area contributed by atoms with E-state index in [1.807, 2.05) is 0 Å². The molecule has 0 saturated carbocycles. The van der Waals surface area contributed by atoms with Gasteiger partial charge in [-0.05, 0) is 31.3 Å². The SMILES string of the molecule is CNCc1cn(S(=O)(=O)c2ccccc2)c(-c2cccnc2Cl)c1F.O=C(O)C=CC(=O)O. The molecule has 174 valence electrons. The van der Waals surface area contributed by atoms with E-state index in [9.17, 15) is 22.4 Å². The zero-order valence-corrected chi connectivity index (χ0v) is 18.7. The first-order valence-electron chi connectivity index (χ1n) is 9.19. The Bertz CT molecular complexity index is 1260. The Kier molecular flexibility index (Phi) is 8.85. The zero-order chi connectivity index (χ0) is 24.6. The van der Waals surface area contributed by atoms with E-state index < -0.39 is 27.8 Å². The molecule has 0 aliphatic carbocycles. The third-order valence-electron chi connectivity index (χ3n) is 4.03. The molecule has 0 saturated heterocycles. The van der Waals surface area contributed by atoms with Crippen LogP contribution in [0, 0.1) is 5.82 Å². The number of carbonyl (C=O) groups is 2. The van der Waals surface area contributed by atoms with Gasteiger partial charge in [0.2, 0.25) is 0 Å². The van der Waals surface area contributed by atoms with Gasteiger partial charge in [0.25, 0.3) is 10.0 Å². The average molecular weight is 496 g/mol. The minimum absolute atomic E-state index is 0.0278. The Morgan fingerprint density at radius 1 is 1.12 bits per heavy atom. The molecule has 3 aromatic rings. The van der Waals surface area contributed by atoms with Gasteiger partial charge in [-0.1, -0.05) is 29.8 Å². The summed E-state index contributed by atoms with van der Waals surface area (Å²) in [7, 11) is -2.34. The van der Waals surface area contributed by atoms with E-state index in [0.29, 0.717) is 12.2 Å². The standard InChI is InChI=1S/C17H15ClFN3O2S.C4H4O4/c1-20-10-12-11-22(25(23,24)13-6-3-2-4-7-13)16(15(12)19)14-8-5-9-21-17(14)18;5-3(6)1-2-4(7)8/h2-9,11,20H,10H2,1H3;1-2H,(H,5,6)(H,7,8). The van der Waals surface area contributed by atoms with Crippen LogP contribution in [0.4, 0.5) is 4.39 Å². The predicted molar refractivity (Wildman–Crippen MR) is 119 cm³/mol. The lowest BCUT2D eigenvalue weighted by Gasteiger charge is -2.11. The van der Waals surface area contributed by atoms with Crippen molar-refractivity contribution >= 4 is 33.6 Å². The summed E-state index contributed by atoms with van der Waals surface area (Å²) < 4.78 is 41.9. The fourth-order valence-corrected chi connectivity index (χ4v) is 4.28. The summed E-state index contributed by atoms with van der Waals surface area (Å²) in [5.74, 6) is -3.16. The Morgan fingerprint density at radius 2 is 1.73 bits per heavy atom. The average Bonchev–Trinajstić information content (AvgIpc) is 3.11. The molecule has 0 atom stereocenters. The van der Waals surface area contributed by atoms with E-state index in [1.165, 1.54) is 30.6 Å². The van der Waals surface area contributed by atoms with E-state index >= 15 is 0 Å². The number of hydrogen-bond donors (Lipinski definition) is 3. The van der Waals surface area contributed by atoms with Gasteiger partial charge < -0.3 is 15.5 Å². The van der Waals surface area contributed by atoms with Gasteiger partial charge in [-0.15, -0.1) is 0 Å². The van der Waals surface area contributed by atoms with Crippen LogP contribution >= 0.6 is 11.6 Å². The number of carboxylic acids is 2. The maximum absolute atomic E-state index is 15.0. The lowest BCUT2D eigenvalue weighted by atomic mass is 10.2. The summed E-state index contributed by atoms with van der Waals surface area (Å²) >= 11 is 6.08. The molecule has 0 aliphatic heterocycles. The van der Waals surface area contributed by atoms with Gasteiger partial charge in [0.1, 0.15) is 10.8 Å². The van der Waals surface area contributed by atoms with E-state index in [1.54, 1.807) is 31.3 Å². The molecular formula is C21H19ClFN3O6S. The molecular weight excluding hydrogens is 477 g/mol. The van der Waals surface area contributed by atoms with E-state index in [4.69, 9.17) is 21.8 Å². The van der Waals surface area contributed by atoms with Crippen LogP contribution in [-0.4, -0.2) is 46.6 Å². The summed E-state index contributed by atoms with van der Waals surface area (Å²) in [5.41, 5.74) is 0.299. The van der Waals surface area contributed by atoms with E-state index in [2.05, 4.69) is 10.3 Å². The quantitative estimate of drug-likeness (QED) is 0.336. The summed E-state index contributed by atoms with van der Waals surface area (Å²) in [6.07, 6.45) is 3.84. The topological polar surface area (TPSA) is 139 Å². The molecule has 0 bridgehead atoms. The number of pyridine rings is 1. The number of nitrogens with zero attached hydrogens (tertiary/aromatic N) is 2. The number of nitrogens with one attached hydrogen (secondary N) is 1. The molecule has 0 spiro atoms. The molecule has 3 rings (SSSR count). The van der Waals surface area contributed by atoms with Crippen LogP contribution in [0.2, 0.25) is 5.15 Å².